The molecule has 2 N–H and O–H groups in total. The number of piperidine rings is 1. The van der Waals surface area contributed by atoms with Gasteiger partial charge in [-0.2, -0.15) is 0 Å². The molecule has 1 saturated heterocycles. The molecule has 2 aromatic carbocycles. The molecule has 4 rings (SSSR count). The number of fused-ring (bicyclic) bond motifs is 1. The van der Waals surface area contributed by atoms with Crippen LogP contribution in [0.25, 0.3) is 11.1 Å². The average molecular weight is 468 g/mol. The van der Waals surface area contributed by atoms with E-state index in [1.54, 1.807) is 25.2 Å². The Hall–Kier alpha value is -3.26. The summed E-state index contributed by atoms with van der Waals surface area (Å²) in [6.45, 7) is 4.79. The maximum absolute atomic E-state index is 13.4. The third-order valence-electron chi connectivity index (χ3n) is 6.35. The zero-order valence-corrected chi connectivity index (χ0v) is 20.1. The summed E-state index contributed by atoms with van der Waals surface area (Å²) in [5.41, 5.74) is 2.97. The maximum atomic E-state index is 13.4. The normalized spacial score (nSPS) is 17.7. The van der Waals surface area contributed by atoms with Gasteiger partial charge in [0.1, 0.15) is 23.9 Å². The van der Waals surface area contributed by atoms with Crippen LogP contribution in [0.3, 0.4) is 0 Å². The van der Waals surface area contributed by atoms with E-state index in [0.717, 1.165) is 42.6 Å². The number of ether oxygens (including phenoxy) is 3. The fourth-order valence-corrected chi connectivity index (χ4v) is 4.50. The van der Waals surface area contributed by atoms with Crippen LogP contribution in [0.2, 0.25) is 0 Å². The number of amides is 2. The zero-order valence-electron chi connectivity index (χ0n) is 20.1. The largest absolute Gasteiger partial charge is 0.497 e. The topological polar surface area (TPSA) is 89.1 Å². The van der Waals surface area contributed by atoms with E-state index in [1.807, 2.05) is 31.2 Å². The molecule has 0 aromatic heterocycles. The summed E-state index contributed by atoms with van der Waals surface area (Å²) in [6.07, 6.45) is 2.38. The SMILES string of the molecule is CCC(=O)N1CCOc2c(cc(-c3cc(OC)cc(OC)c3)cc2C(=O)N[C@@H]2CCCNC2)C1. The second-order valence-corrected chi connectivity index (χ2v) is 8.65. The van der Waals surface area contributed by atoms with Crippen LogP contribution < -0.4 is 24.8 Å². The standard InChI is InChI=1S/C26H33N3O5/c1-4-24(30)29-8-9-34-25-19(16-29)10-17(18-11-21(32-2)14-22(12-18)33-3)13-23(25)26(31)28-20-6-5-7-27-15-20/h10-14,20,27H,4-9,15-16H2,1-3H3,(H,28,31)/t20-/m1/s1. The molecule has 2 aliphatic rings. The molecule has 182 valence electrons. The van der Waals surface area contributed by atoms with Crippen LogP contribution in [0.5, 0.6) is 17.2 Å². The van der Waals surface area contributed by atoms with Crippen molar-refractivity contribution in [2.45, 2.75) is 38.8 Å². The number of hydrogen-bond acceptors (Lipinski definition) is 6. The summed E-state index contributed by atoms with van der Waals surface area (Å²) in [7, 11) is 3.21. The third kappa shape index (κ3) is 5.28. The van der Waals surface area contributed by atoms with Gasteiger partial charge in [-0.25, -0.2) is 0 Å². The smallest absolute Gasteiger partial charge is 0.255 e. The molecule has 0 unspecified atom stereocenters. The van der Waals surface area contributed by atoms with Gasteiger partial charge >= 0.3 is 0 Å². The minimum absolute atomic E-state index is 0.0594. The molecule has 0 aliphatic carbocycles. The Morgan fingerprint density at radius 2 is 1.85 bits per heavy atom. The van der Waals surface area contributed by atoms with Crippen LogP contribution in [-0.2, 0) is 11.3 Å². The number of carbonyl (C=O) groups is 2. The molecular weight excluding hydrogens is 434 g/mol. The van der Waals surface area contributed by atoms with Crippen molar-refractivity contribution in [3.63, 3.8) is 0 Å². The van der Waals surface area contributed by atoms with Gasteiger partial charge in [-0.1, -0.05) is 6.92 Å². The van der Waals surface area contributed by atoms with Crippen LogP contribution in [-0.4, -0.2) is 63.2 Å². The first kappa shape index (κ1) is 23.9. The van der Waals surface area contributed by atoms with E-state index in [2.05, 4.69) is 10.6 Å². The fourth-order valence-electron chi connectivity index (χ4n) is 4.50. The van der Waals surface area contributed by atoms with Gasteiger partial charge < -0.3 is 29.7 Å². The molecule has 2 aliphatic heterocycles. The lowest BCUT2D eigenvalue weighted by atomic mass is 9.97. The predicted molar refractivity (Wildman–Crippen MR) is 130 cm³/mol. The van der Waals surface area contributed by atoms with Gasteiger partial charge in [0.05, 0.1) is 26.3 Å². The number of nitrogens with one attached hydrogen (secondary N) is 2. The number of benzene rings is 2. The van der Waals surface area contributed by atoms with Crippen molar-refractivity contribution in [2.75, 3.05) is 40.5 Å². The molecule has 34 heavy (non-hydrogen) atoms. The highest BCUT2D eigenvalue weighted by Crippen LogP contribution is 2.36. The second-order valence-electron chi connectivity index (χ2n) is 8.65. The molecule has 1 atom stereocenters. The van der Waals surface area contributed by atoms with Crippen molar-refractivity contribution in [3.05, 3.63) is 41.5 Å². The molecule has 8 nitrogen and oxygen atoms in total. The lowest BCUT2D eigenvalue weighted by Gasteiger charge is -2.25. The molecular formula is C26H33N3O5. The minimum atomic E-state index is -0.170. The first-order chi connectivity index (χ1) is 16.5. The van der Waals surface area contributed by atoms with Crippen molar-refractivity contribution in [3.8, 4) is 28.4 Å². The number of hydrogen-bond donors (Lipinski definition) is 2. The summed E-state index contributed by atoms with van der Waals surface area (Å²) in [4.78, 5) is 27.7. The van der Waals surface area contributed by atoms with Gasteiger partial charge in [-0.05, 0) is 54.8 Å². The van der Waals surface area contributed by atoms with Crippen molar-refractivity contribution in [1.82, 2.24) is 15.5 Å². The van der Waals surface area contributed by atoms with Gasteiger partial charge in [0.2, 0.25) is 5.91 Å². The molecule has 0 bridgehead atoms. The number of methoxy groups -OCH3 is 2. The van der Waals surface area contributed by atoms with Crippen LogP contribution in [0.15, 0.2) is 30.3 Å². The lowest BCUT2D eigenvalue weighted by molar-refractivity contribution is -0.131. The van der Waals surface area contributed by atoms with E-state index >= 15 is 0 Å². The molecule has 1 fully saturated rings. The summed E-state index contributed by atoms with van der Waals surface area (Å²) in [5.74, 6) is 1.75. The summed E-state index contributed by atoms with van der Waals surface area (Å²) in [5, 5.41) is 6.50. The lowest BCUT2D eigenvalue weighted by Crippen LogP contribution is -2.45. The van der Waals surface area contributed by atoms with Crippen molar-refractivity contribution in [2.24, 2.45) is 0 Å². The minimum Gasteiger partial charge on any atom is -0.497 e. The number of rotatable bonds is 6. The van der Waals surface area contributed by atoms with E-state index in [1.165, 1.54) is 0 Å². The molecule has 2 heterocycles. The highest BCUT2D eigenvalue weighted by molar-refractivity contribution is 5.99. The van der Waals surface area contributed by atoms with Gasteiger partial charge in [0.25, 0.3) is 5.91 Å². The Kier molecular flexibility index (Phi) is 7.57. The molecule has 0 spiro atoms. The molecule has 0 saturated carbocycles. The Morgan fingerprint density at radius 1 is 1.12 bits per heavy atom. The summed E-state index contributed by atoms with van der Waals surface area (Å²) < 4.78 is 17.0. The average Bonchev–Trinajstić information content (AvgIpc) is 3.10. The van der Waals surface area contributed by atoms with Crippen LogP contribution >= 0.6 is 0 Å². The van der Waals surface area contributed by atoms with Crippen molar-refractivity contribution >= 4 is 11.8 Å². The monoisotopic (exact) mass is 467 g/mol. The highest BCUT2D eigenvalue weighted by atomic mass is 16.5. The Balaban J connectivity index is 1.78. The number of nitrogens with zero attached hydrogens (tertiary/aromatic N) is 1. The van der Waals surface area contributed by atoms with Crippen LogP contribution in [0.1, 0.15) is 42.1 Å². The van der Waals surface area contributed by atoms with Crippen molar-refractivity contribution < 1.29 is 23.8 Å². The van der Waals surface area contributed by atoms with Gasteiger partial charge in [0, 0.05) is 37.2 Å². The van der Waals surface area contributed by atoms with E-state index < -0.39 is 0 Å². The molecule has 0 radical (unpaired) electrons. The van der Waals surface area contributed by atoms with Crippen LogP contribution in [0.4, 0.5) is 0 Å². The first-order valence-electron chi connectivity index (χ1n) is 11.8. The van der Waals surface area contributed by atoms with Crippen LogP contribution in [0, 0.1) is 0 Å². The van der Waals surface area contributed by atoms with E-state index in [4.69, 9.17) is 14.2 Å². The second kappa shape index (κ2) is 10.8. The Labute approximate surface area is 200 Å². The highest BCUT2D eigenvalue weighted by Gasteiger charge is 2.26. The summed E-state index contributed by atoms with van der Waals surface area (Å²) in [6, 6.07) is 9.54. The van der Waals surface area contributed by atoms with Gasteiger partial charge in [-0.3, -0.25) is 9.59 Å². The fraction of sp³-hybridized carbons (Fsp3) is 0.462. The maximum Gasteiger partial charge on any atom is 0.255 e. The zero-order chi connectivity index (χ0) is 24.1. The Morgan fingerprint density at radius 3 is 2.50 bits per heavy atom. The van der Waals surface area contributed by atoms with E-state index in [0.29, 0.717) is 48.9 Å². The molecule has 2 amide bonds. The van der Waals surface area contributed by atoms with E-state index in [-0.39, 0.29) is 17.9 Å². The van der Waals surface area contributed by atoms with Gasteiger partial charge in [-0.15, -0.1) is 0 Å². The molecule has 8 heteroatoms. The van der Waals surface area contributed by atoms with Crippen molar-refractivity contribution in [1.29, 1.82) is 0 Å². The third-order valence-corrected chi connectivity index (χ3v) is 6.35. The predicted octanol–water partition coefficient (Wildman–Crippen LogP) is 2.98. The molecule has 2 aromatic rings. The summed E-state index contributed by atoms with van der Waals surface area (Å²) >= 11 is 0. The number of carbonyl (C=O) groups excluding carboxylic acids is 2. The van der Waals surface area contributed by atoms with Gasteiger partial charge in [0.15, 0.2) is 0 Å². The van der Waals surface area contributed by atoms with E-state index in [9.17, 15) is 9.59 Å². The first-order valence-corrected chi connectivity index (χ1v) is 11.8. The Bertz CT molecular complexity index is 1030. The quantitative estimate of drug-likeness (QED) is 0.679.